The van der Waals surface area contributed by atoms with Crippen LogP contribution >= 0.6 is 11.6 Å². The Labute approximate surface area is 116 Å². The molecule has 1 amide bonds. The number of amides is 1. The second-order valence-electron chi connectivity index (χ2n) is 4.34. The first-order valence-electron chi connectivity index (χ1n) is 5.89. The molecule has 98 valence electrons. The van der Waals surface area contributed by atoms with Gasteiger partial charge in [0, 0.05) is 12.4 Å². The zero-order chi connectivity index (χ0) is 13.8. The summed E-state index contributed by atoms with van der Waals surface area (Å²) in [6.07, 6.45) is 3.55. The van der Waals surface area contributed by atoms with Crippen LogP contribution in [-0.4, -0.2) is 15.9 Å². The highest BCUT2D eigenvalue weighted by atomic mass is 35.5. The van der Waals surface area contributed by atoms with Gasteiger partial charge in [-0.3, -0.25) is 9.78 Å². The van der Waals surface area contributed by atoms with Crippen LogP contribution in [0.15, 0.2) is 30.6 Å². The molecule has 2 heterocycles. The minimum Gasteiger partial charge on any atom is -0.323 e. The molecular formula is C14H14ClN3O. The standard InChI is InChI=1S/C14H14ClN3O/c1-9-6-12(14(15)17-8-9)18-13(19)7-11-10(2)4-3-5-16-11/h3-6,8H,7H2,1-2H3,(H,18,19). The normalized spacial score (nSPS) is 10.3. The molecule has 0 fully saturated rings. The summed E-state index contributed by atoms with van der Waals surface area (Å²) in [6.45, 7) is 3.82. The lowest BCUT2D eigenvalue weighted by atomic mass is 10.1. The first-order chi connectivity index (χ1) is 9.06. The Kier molecular flexibility index (Phi) is 4.12. The van der Waals surface area contributed by atoms with Gasteiger partial charge in [-0.1, -0.05) is 17.7 Å². The maximum Gasteiger partial charge on any atom is 0.230 e. The van der Waals surface area contributed by atoms with E-state index < -0.39 is 0 Å². The Bertz CT molecular complexity index is 613. The molecule has 0 bridgehead atoms. The SMILES string of the molecule is Cc1cnc(Cl)c(NC(=O)Cc2ncccc2C)c1. The molecule has 0 radical (unpaired) electrons. The quantitative estimate of drug-likeness (QED) is 0.876. The second-order valence-corrected chi connectivity index (χ2v) is 4.70. The number of hydrogen-bond acceptors (Lipinski definition) is 3. The molecule has 0 aliphatic heterocycles. The van der Waals surface area contributed by atoms with Crippen molar-refractivity contribution < 1.29 is 4.79 Å². The van der Waals surface area contributed by atoms with Crippen LogP contribution in [-0.2, 0) is 11.2 Å². The summed E-state index contributed by atoms with van der Waals surface area (Å²) < 4.78 is 0. The van der Waals surface area contributed by atoms with Gasteiger partial charge in [0.15, 0.2) is 5.15 Å². The average molecular weight is 276 g/mol. The molecule has 0 aromatic carbocycles. The summed E-state index contributed by atoms with van der Waals surface area (Å²) in [7, 11) is 0. The molecule has 19 heavy (non-hydrogen) atoms. The van der Waals surface area contributed by atoms with Gasteiger partial charge in [0.05, 0.1) is 17.8 Å². The molecule has 2 rings (SSSR count). The van der Waals surface area contributed by atoms with Crippen LogP contribution in [0.2, 0.25) is 5.15 Å². The number of halogens is 1. The summed E-state index contributed by atoms with van der Waals surface area (Å²) in [4.78, 5) is 20.1. The van der Waals surface area contributed by atoms with E-state index in [0.717, 1.165) is 16.8 Å². The fourth-order valence-electron chi connectivity index (χ4n) is 1.69. The number of hydrogen-bond donors (Lipinski definition) is 1. The smallest absolute Gasteiger partial charge is 0.230 e. The molecular weight excluding hydrogens is 262 g/mol. The van der Waals surface area contributed by atoms with Crippen LogP contribution in [0.3, 0.4) is 0 Å². The van der Waals surface area contributed by atoms with Crippen molar-refractivity contribution in [1.82, 2.24) is 9.97 Å². The van der Waals surface area contributed by atoms with Crippen LogP contribution in [0, 0.1) is 13.8 Å². The van der Waals surface area contributed by atoms with Gasteiger partial charge in [0.1, 0.15) is 0 Å². The van der Waals surface area contributed by atoms with E-state index in [1.54, 1.807) is 18.5 Å². The van der Waals surface area contributed by atoms with Gasteiger partial charge in [-0.2, -0.15) is 0 Å². The number of aromatic nitrogens is 2. The van der Waals surface area contributed by atoms with Crippen LogP contribution < -0.4 is 5.32 Å². The molecule has 4 nitrogen and oxygen atoms in total. The third kappa shape index (κ3) is 3.51. The zero-order valence-corrected chi connectivity index (χ0v) is 11.5. The van der Waals surface area contributed by atoms with Crippen LogP contribution in [0.4, 0.5) is 5.69 Å². The molecule has 5 heteroatoms. The maximum absolute atomic E-state index is 12.0. The highest BCUT2D eigenvalue weighted by Crippen LogP contribution is 2.20. The Morgan fingerprint density at radius 1 is 1.37 bits per heavy atom. The fraction of sp³-hybridized carbons (Fsp3) is 0.214. The molecule has 0 spiro atoms. The molecule has 1 N–H and O–H groups in total. The van der Waals surface area contributed by atoms with Crippen molar-refractivity contribution in [1.29, 1.82) is 0 Å². The monoisotopic (exact) mass is 275 g/mol. The van der Waals surface area contributed by atoms with E-state index >= 15 is 0 Å². The van der Waals surface area contributed by atoms with E-state index in [1.807, 2.05) is 26.0 Å². The third-order valence-corrected chi connectivity index (χ3v) is 3.00. The van der Waals surface area contributed by atoms with Crippen molar-refractivity contribution in [2.24, 2.45) is 0 Å². The highest BCUT2D eigenvalue weighted by molar-refractivity contribution is 6.32. The Morgan fingerprint density at radius 3 is 2.89 bits per heavy atom. The molecule has 0 saturated carbocycles. The van der Waals surface area contributed by atoms with E-state index in [-0.39, 0.29) is 17.5 Å². The minimum absolute atomic E-state index is 0.156. The van der Waals surface area contributed by atoms with Gasteiger partial charge in [-0.25, -0.2) is 4.98 Å². The van der Waals surface area contributed by atoms with E-state index in [1.165, 1.54) is 0 Å². The molecule has 2 aromatic heterocycles. The number of nitrogens with one attached hydrogen (secondary N) is 1. The summed E-state index contributed by atoms with van der Waals surface area (Å²) in [5.41, 5.74) is 3.22. The average Bonchev–Trinajstić information content (AvgIpc) is 2.37. The molecule has 0 saturated heterocycles. The van der Waals surface area contributed by atoms with Gasteiger partial charge in [-0.05, 0) is 37.1 Å². The van der Waals surface area contributed by atoms with E-state index in [0.29, 0.717) is 5.69 Å². The molecule has 0 aliphatic rings. The number of rotatable bonds is 3. The van der Waals surface area contributed by atoms with Gasteiger partial charge < -0.3 is 5.32 Å². The van der Waals surface area contributed by atoms with Crippen LogP contribution in [0.25, 0.3) is 0 Å². The number of pyridine rings is 2. The van der Waals surface area contributed by atoms with Crippen molar-refractivity contribution in [3.05, 3.63) is 52.6 Å². The lowest BCUT2D eigenvalue weighted by molar-refractivity contribution is -0.115. The minimum atomic E-state index is -0.156. The predicted molar refractivity (Wildman–Crippen MR) is 75.3 cm³/mol. The summed E-state index contributed by atoms with van der Waals surface area (Å²) in [6, 6.07) is 5.56. The first kappa shape index (κ1) is 13.5. The maximum atomic E-state index is 12.0. The zero-order valence-electron chi connectivity index (χ0n) is 10.8. The number of anilines is 1. The topological polar surface area (TPSA) is 54.9 Å². The first-order valence-corrected chi connectivity index (χ1v) is 6.26. The number of carbonyl (C=O) groups excluding carboxylic acids is 1. The Balaban J connectivity index is 2.10. The largest absolute Gasteiger partial charge is 0.323 e. The van der Waals surface area contributed by atoms with Crippen molar-refractivity contribution in [2.45, 2.75) is 20.3 Å². The van der Waals surface area contributed by atoms with Crippen molar-refractivity contribution >= 4 is 23.2 Å². The molecule has 0 atom stereocenters. The van der Waals surface area contributed by atoms with E-state index in [4.69, 9.17) is 11.6 Å². The lowest BCUT2D eigenvalue weighted by Crippen LogP contribution is -2.16. The second kappa shape index (κ2) is 5.80. The third-order valence-electron chi connectivity index (χ3n) is 2.70. The van der Waals surface area contributed by atoms with Gasteiger partial charge in [-0.15, -0.1) is 0 Å². The number of carbonyl (C=O) groups is 1. The Hall–Kier alpha value is -1.94. The van der Waals surface area contributed by atoms with E-state index in [9.17, 15) is 4.79 Å². The molecule has 0 aliphatic carbocycles. The van der Waals surface area contributed by atoms with Crippen LogP contribution in [0.5, 0.6) is 0 Å². The van der Waals surface area contributed by atoms with Gasteiger partial charge in [0.25, 0.3) is 0 Å². The Morgan fingerprint density at radius 2 is 2.16 bits per heavy atom. The summed E-state index contributed by atoms with van der Waals surface area (Å²) in [5, 5.41) is 3.04. The van der Waals surface area contributed by atoms with Gasteiger partial charge >= 0.3 is 0 Å². The van der Waals surface area contributed by atoms with Crippen molar-refractivity contribution in [3.8, 4) is 0 Å². The molecule has 2 aromatic rings. The number of nitrogens with zero attached hydrogens (tertiary/aromatic N) is 2. The van der Waals surface area contributed by atoms with E-state index in [2.05, 4.69) is 15.3 Å². The van der Waals surface area contributed by atoms with Crippen molar-refractivity contribution in [3.63, 3.8) is 0 Å². The number of aryl methyl sites for hydroxylation is 2. The van der Waals surface area contributed by atoms with Crippen molar-refractivity contribution in [2.75, 3.05) is 5.32 Å². The summed E-state index contributed by atoms with van der Waals surface area (Å²) >= 11 is 5.93. The predicted octanol–water partition coefficient (Wildman–Crippen LogP) is 2.93. The van der Waals surface area contributed by atoms with Gasteiger partial charge in [0.2, 0.25) is 5.91 Å². The highest BCUT2D eigenvalue weighted by Gasteiger charge is 2.10. The summed E-state index contributed by atoms with van der Waals surface area (Å²) in [5.74, 6) is -0.156. The molecule has 0 unspecified atom stereocenters. The fourth-order valence-corrected chi connectivity index (χ4v) is 1.84. The lowest BCUT2D eigenvalue weighted by Gasteiger charge is -2.08. The van der Waals surface area contributed by atoms with Crippen LogP contribution in [0.1, 0.15) is 16.8 Å².